The molecular formula is C21H20O4. The maximum absolute atomic E-state index is 12.9. The number of ether oxygens (including phenoxy) is 2. The zero-order valence-electron chi connectivity index (χ0n) is 14.5. The second-order valence-electron chi connectivity index (χ2n) is 6.94. The minimum absolute atomic E-state index is 0.214. The molecule has 5 rings (SSSR count). The van der Waals surface area contributed by atoms with Crippen LogP contribution in [0.3, 0.4) is 0 Å². The van der Waals surface area contributed by atoms with Gasteiger partial charge in [-0.25, -0.2) is 0 Å². The molecule has 0 N–H and O–H groups in total. The maximum Gasteiger partial charge on any atom is 0.313 e. The molecule has 0 saturated heterocycles. The van der Waals surface area contributed by atoms with Gasteiger partial charge in [0.05, 0.1) is 25.6 Å². The molecule has 2 aromatic rings. The first-order valence-corrected chi connectivity index (χ1v) is 8.39. The minimum Gasteiger partial charge on any atom is -0.469 e. The monoisotopic (exact) mass is 336 g/mol. The lowest BCUT2D eigenvalue weighted by Crippen LogP contribution is -2.55. The van der Waals surface area contributed by atoms with Gasteiger partial charge in [-0.1, -0.05) is 48.5 Å². The van der Waals surface area contributed by atoms with E-state index in [9.17, 15) is 9.59 Å². The van der Waals surface area contributed by atoms with Crippen molar-refractivity contribution in [1.29, 1.82) is 0 Å². The normalized spacial score (nSPS) is 28.7. The van der Waals surface area contributed by atoms with Gasteiger partial charge in [0.2, 0.25) is 0 Å². The molecule has 0 unspecified atom stereocenters. The van der Waals surface area contributed by atoms with E-state index in [1.54, 1.807) is 0 Å². The van der Waals surface area contributed by atoms with Gasteiger partial charge in [0.15, 0.2) is 0 Å². The molecule has 0 spiro atoms. The number of hydrogen-bond donors (Lipinski definition) is 0. The minimum atomic E-state index is -1.00. The molecule has 0 radical (unpaired) electrons. The Bertz CT molecular complexity index is 824. The first-order valence-electron chi connectivity index (χ1n) is 8.39. The van der Waals surface area contributed by atoms with Gasteiger partial charge in [-0.2, -0.15) is 0 Å². The fourth-order valence-electron chi connectivity index (χ4n) is 4.95. The number of rotatable bonds is 2. The maximum atomic E-state index is 12.9. The number of carbonyl (C=O) groups excluding carboxylic acids is 2. The molecule has 0 amide bonds. The van der Waals surface area contributed by atoms with Gasteiger partial charge in [0.1, 0.15) is 0 Å². The Kier molecular flexibility index (Phi) is 3.46. The topological polar surface area (TPSA) is 52.6 Å². The highest BCUT2D eigenvalue weighted by Gasteiger charge is 2.63. The van der Waals surface area contributed by atoms with Crippen LogP contribution >= 0.6 is 0 Å². The number of carbonyl (C=O) groups is 2. The molecule has 2 aromatic carbocycles. The molecule has 25 heavy (non-hydrogen) atoms. The van der Waals surface area contributed by atoms with Crippen LogP contribution in [0.15, 0.2) is 48.5 Å². The highest BCUT2D eigenvalue weighted by Crippen LogP contribution is 2.64. The lowest BCUT2D eigenvalue weighted by Gasteiger charge is -2.53. The molecule has 2 atom stereocenters. The van der Waals surface area contributed by atoms with Gasteiger partial charge in [-0.15, -0.1) is 0 Å². The van der Waals surface area contributed by atoms with Crippen LogP contribution in [0.1, 0.15) is 41.0 Å². The SMILES string of the molecule is COC(=O)[C@H]1C2c3ccccc3C(c3ccccc32)[C@]1(C)C(=O)OC. The molecule has 0 saturated carbocycles. The Balaban J connectivity index is 2.08. The van der Waals surface area contributed by atoms with E-state index in [2.05, 4.69) is 24.3 Å². The van der Waals surface area contributed by atoms with Crippen LogP contribution in [-0.2, 0) is 19.1 Å². The second-order valence-corrected chi connectivity index (χ2v) is 6.94. The van der Waals surface area contributed by atoms with Crippen LogP contribution in [0.2, 0.25) is 0 Å². The zero-order chi connectivity index (χ0) is 17.8. The van der Waals surface area contributed by atoms with Crippen LogP contribution in [0.25, 0.3) is 0 Å². The summed E-state index contributed by atoms with van der Waals surface area (Å²) in [4.78, 5) is 25.7. The van der Waals surface area contributed by atoms with Crippen molar-refractivity contribution in [2.75, 3.05) is 14.2 Å². The summed E-state index contributed by atoms with van der Waals surface area (Å²) >= 11 is 0. The Morgan fingerprint density at radius 3 is 1.76 bits per heavy atom. The average Bonchev–Trinajstić information content (AvgIpc) is 2.66. The Labute approximate surface area is 146 Å². The quantitative estimate of drug-likeness (QED) is 0.790. The zero-order valence-corrected chi connectivity index (χ0v) is 14.5. The fourth-order valence-corrected chi connectivity index (χ4v) is 4.95. The second kappa shape index (κ2) is 5.45. The summed E-state index contributed by atoms with van der Waals surface area (Å²) in [5.41, 5.74) is 3.39. The van der Waals surface area contributed by atoms with Crippen LogP contribution < -0.4 is 0 Å². The molecule has 0 fully saturated rings. The highest BCUT2D eigenvalue weighted by atomic mass is 16.5. The van der Waals surface area contributed by atoms with E-state index in [0.29, 0.717) is 0 Å². The summed E-state index contributed by atoms with van der Waals surface area (Å²) < 4.78 is 10.3. The van der Waals surface area contributed by atoms with Crippen molar-refractivity contribution in [3.05, 3.63) is 70.8 Å². The number of benzene rings is 2. The summed E-state index contributed by atoms with van der Waals surface area (Å²) in [7, 11) is 2.75. The number of methoxy groups -OCH3 is 2. The van der Waals surface area contributed by atoms with Gasteiger partial charge < -0.3 is 9.47 Å². The Morgan fingerprint density at radius 1 is 0.840 bits per heavy atom. The average molecular weight is 336 g/mol. The molecule has 4 nitrogen and oxygen atoms in total. The van der Waals surface area contributed by atoms with Crippen molar-refractivity contribution in [3.63, 3.8) is 0 Å². The highest BCUT2D eigenvalue weighted by molar-refractivity contribution is 5.90. The molecule has 0 aliphatic heterocycles. The number of hydrogen-bond acceptors (Lipinski definition) is 4. The predicted molar refractivity (Wildman–Crippen MR) is 92.2 cm³/mol. The lowest BCUT2D eigenvalue weighted by molar-refractivity contribution is -0.169. The molecule has 128 valence electrons. The fraction of sp³-hybridized carbons (Fsp3) is 0.333. The van der Waals surface area contributed by atoms with E-state index in [0.717, 1.165) is 22.3 Å². The van der Waals surface area contributed by atoms with Gasteiger partial charge >= 0.3 is 11.9 Å². The van der Waals surface area contributed by atoms with Crippen LogP contribution in [-0.4, -0.2) is 26.2 Å². The lowest BCUT2D eigenvalue weighted by atomic mass is 9.47. The summed E-state index contributed by atoms with van der Waals surface area (Å²) in [5.74, 6) is -1.80. The van der Waals surface area contributed by atoms with Crippen molar-refractivity contribution in [3.8, 4) is 0 Å². The molecule has 0 aromatic heterocycles. The van der Waals surface area contributed by atoms with E-state index in [1.807, 2.05) is 31.2 Å². The third kappa shape index (κ3) is 1.88. The molecule has 2 bridgehead atoms. The third-order valence-corrected chi connectivity index (χ3v) is 5.94. The van der Waals surface area contributed by atoms with Gasteiger partial charge in [0, 0.05) is 11.8 Å². The van der Waals surface area contributed by atoms with E-state index >= 15 is 0 Å². The van der Waals surface area contributed by atoms with Crippen LogP contribution in [0.5, 0.6) is 0 Å². The number of fused-ring (bicyclic) bond motifs is 1. The van der Waals surface area contributed by atoms with Crippen LogP contribution in [0.4, 0.5) is 0 Å². The van der Waals surface area contributed by atoms with Gasteiger partial charge in [-0.05, 0) is 29.2 Å². The van der Waals surface area contributed by atoms with E-state index in [1.165, 1.54) is 14.2 Å². The molecule has 3 aliphatic carbocycles. The number of esters is 2. The van der Waals surface area contributed by atoms with E-state index < -0.39 is 11.3 Å². The standard InChI is InChI=1S/C21H20O4/c1-21(20(23)25-3)17-14-10-6-4-8-12(14)16(18(21)19(22)24-2)13-9-5-7-11-15(13)17/h4-11,16-18H,1-3H3/t16?,17?,18-,21+/m1/s1. The van der Waals surface area contributed by atoms with Crippen molar-refractivity contribution in [1.82, 2.24) is 0 Å². The smallest absolute Gasteiger partial charge is 0.313 e. The van der Waals surface area contributed by atoms with Crippen molar-refractivity contribution < 1.29 is 19.1 Å². The molecule has 4 heteroatoms. The van der Waals surface area contributed by atoms with E-state index in [4.69, 9.17) is 9.47 Å². The molecule has 3 aliphatic rings. The van der Waals surface area contributed by atoms with Gasteiger partial charge in [0.25, 0.3) is 0 Å². The predicted octanol–water partition coefficient (Wildman–Crippen LogP) is 3.25. The first-order chi connectivity index (χ1) is 12.1. The largest absolute Gasteiger partial charge is 0.469 e. The molecule has 0 heterocycles. The summed E-state index contributed by atoms with van der Waals surface area (Å²) in [6, 6.07) is 16.1. The Morgan fingerprint density at radius 2 is 1.32 bits per heavy atom. The van der Waals surface area contributed by atoms with Crippen molar-refractivity contribution >= 4 is 11.9 Å². The summed E-state index contributed by atoms with van der Waals surface area (Å²) in [6.45, 7) is 1.84. The van der Waals surface area contributed by atoms with Crippen LogP contribution in [0, 0.1) is 11.3 Å². The molecular weight excluding hydrogens is 316 g/mol. The summed E-state index contributed by atoms with van der Waals surface area (Å²) in [5, 5.41) is 0. The van der Waals surface area contributed by atoms with Crippen molar-refractivity contribution in [2.24, 2.45) is 11.3 Å². The van der Waals surface area contributed by atoms with E-state index in [-0.39, 0.29) is 23.8 Å². The van der Waals surface area contributed by atoms with Crippen molar-refractivity contribution in [2.45, 2.75) is 18.8 Å². The van der Waals surface area contributed by atoms with Gasteiger partial charge in [-0.3, -0.25) is 9.59 Å². The first kappa shape index (κ1) is 15.9. The third-order valence-electron chi connectivity index (χ3n) is 5.94. The Hall–Kier alpha value is -2.62. The summed E-state index contributed by atoms with van der Waals surface area (Å²) in [6.07, 6.45) is 0.